The first-order valence-electron chi connectivity index (χ1n) is 9.42. The predicted octanol–water partition coefficient (Wildman–Crippen LogP) is 4.60. The second-order valence-corrected chi connectivity index (χ2v) is 7.83. The Bertz CT molecular complexity index is 1040. The quantitative estimate of drug-likeness (QED) is 0.405. The molecule has 8 heteroatoms. The molecule has 1 aliphatic rings. The normalized spacial score (nSPS) is 13.6. The van der Waals surface area contributed by atoms with Gasteiger partial charge in [-0.25, -0.2) is 4.79 Å². The van der Waals surface area contributed by atoms with Crippen molar-refractivity contribution >= 4 is 46.5 Å². The highest BCUT2D eigenvalue weighted by molar-refractivity contribution is 7.83. The molecule has 0 saturated carbocycles. The van der Waals surface area contributed by atoms with Crippen LogP contribution in [0.25, 0.3) is 5.57 Å². The molecule has 1 aliphatic heterocycles. The van der Waals surface area contributed by atoms with Crippen molar-refractivity contribution in [1.82, 2.24) is 4.90 Å². The maximum Gasteiger partial charge on any atom is 0.410 e. The van der Waals surface area contributed by atoms with Gasteiger partial charge in [-0.3, -0.25) is 4.79 Å². The van der Waals surface area contributed by atoms with Gasteiger partial charge in [-0.1, -0.05) is 30.3 Å². The van der Waals surface area contributed by atoms with E-state index < -0.39 is 0 Å². The van der Waals surface area contributed by atoms with Gasteiger partial charge in [0.2, 0.25) is 5.91 Å². The molecule has 30 heavy (non-hydrogen) atoms. The van der Waals surface area contributed by atoms with Gasteiger partial charge in [-0.05, 0) is 41.5 Å². The summed E-state index contributed by atoms with van der Waals surface area (Å²) in [6.45, 7) is 2.94. The summed E-state index contributed by atoms with van der Waals surface area (Å²) in [5.41, 5.74) is 3.10. The Balaban J connectivity index is 1.74. The number of anilines is 1. The summed E-state index contributed by atoms with van der Waals surface area (Å²) in [7, 11) is 0. The average Bonchev–Trinajstić information content (AvgIpc) is 3.11. The first-order chi connectivity index (χ1) is 14.6. The minimum atomic E-state index is -0.365. The number of carbonyl (C=O) groups excluding carboxylic acids is 2. The molecule has 0 aliphatic carbocycles. The van der Waals surface area contributed by atoms with Gasteiger partial charge in [0, 0.05) is 17.5 Å². The molecule has 0 unspecified atom stereocenters. The molecule has 3 rings (SSSR count). The molecule has 1 aromatic carbocycles. The van der Waals surface area contributed by atoms with Crippen LogP contribution >= 0.6 is 24.0 Å². The van der Waals surface area contributed by atoms with Crippen LogP contribution in [-0.4, -0.2) is 30.1 Å². The van der Waals surface area contributed by atoms with Crippen LogP contribution in [0.3, 0.4) is 0 Å². The number of benzene rings is 1. The summed E-state index contributed by atoms with van der Waals surface area (Å²) in [6, 6.07) is 11.8. The van der Waals surface area contributed by atoms with Crippen molar-refractivity contribution in [2.24, 2.45) is 0 Å². The number of nitriles is 1. The minimum absolute atomic E-state index is 0.315. The molecule has 2 aromatic rings. The van der Waals surface area contributed by atoms with Crippen LogP contribution in [0.2, 0.25) is 0 Å². The van der Waals surface area contributed by atoms with E-state index in [1.54, 1.807) is 23.3 Å². The van der Waals surface area contributed by atoms with E-state index >= 15 is 0 Å². The van der Waals surface area contributed by atoms with Crippen molar-refractivity contribution in [3.8, 4) is 6.07 Å². The Hall–Kier alpha value is -3.02. The maximum atomic E-state index is 12.5. The molecule has 0 bridgehead atoms. The number of rotatable bonds is 5. The van der Waals surface area contributed by atoms with Gasteiger partial charge in [-0.15, -0.1) is 11.3 Å². The molecule has 1 aromatic heterocycles. The number of thiol groups is 1. The maximum absolute atomic E-state index is 12.5. The lowest BCUT2D eigenvalue weighted by atomic mass is 10.0. The van der Waals surface area contributed by atoms with Crippen molar-refractivity contribution < 1.29 is 14.3 Å². The van der Waals surface area contributed by atoms with Crippen LogP contribution < -0.4 is 5.32 Å². The Labute approximate surface area is 184 Å². The van der Waals surface area contributed by atoms with Gasteiger partial charge >= 0.3 is 6.09 Å². The number of fused-ring (bicyclic) bond motifs is 1. The number of hydrogen-bond donors (Lipinski definition) is 2. The smallest absolute Gasteiger partial charge is 0.410 e. The minimum Gasteiger partial charge on any atom is -0.450 e. The number of allylic oxidation sites excluding steroid dienone is 2. The van der Waals surface area contributed by atoms with E-state index in [9.17, 15) is 14.9 Å². The van der Waals surface area contributed by atoms with Crippen LogP contribution in [0, 0.1) is 11.3 Å². The first kappa shape index (κ1) is 21.7. The molecule has 6 nitrogen and oxygen atoms in total. The standard InChI is InChI=1S/C22H21N3O3S2/c1-2-28-22(27)25-11-10-17-18(12-23)21(30-19(17)13-25)24-20(26)9-8-16(14-29)15-6-4-3-5-7-15/h3-9,14,29H,2,10-11,13H2,1H3,(H,24,26)/b9-8+,16-14+. The Kier molecular flexibility index (Phi) is 7.33. The Morgan fingerprint density at radius 2 is 2.10 bits per heavy atom. The van der Waals surface area contributed by atoms with Crippen molar-refractivity contribution in [1.29, 1.82) is 5.26 Å². The molecule has 0 radical (unpaired) electrons. The molecule has 0 fully saturated rings. The van der Waals surface area contributed by atoms with E-state index in [1.807, 2.05) is 30.3 Å². The summed E-state index contributed by atoms with van der Waals surface area (Å²) in [5, 5.41) is 14.5. The van der Waals surface area contributed by atoms with Crippen LogP contribution in [0.1, 0.15) is 28.5 Å². The molecule has 1 N–H and O–H groups in total. The lowest BCUT2D eigenvalue weighted by molar-refractivity contribution is -0.111. The zero-order valence-electron chi connectivity index (χ0n) is 16.4. The third-order valence-electron chi connectivity index (χ3n) is 4.59. The van der Waals surface area contributed by atoms with E-state index in [0.29, 0.717) is 36.7 Å². The number of carbonyl (C=O) groups is 2. The summed E-state index contributed by atoms with van der Waals surface area (Å²) in [6.07, 6.45) is 3.29. The fourth-order valence-corrected chi connectivity index (χ4v) is 4.60. The summed E-state index contributed by atoms with van der Waals surface area (Å²) in [4.78, 5) is 27.0. The highest BCUT2D eigenvalue weighted by atomic mass is 32.1. The van der Waals surface area contributed by atoms with E-state index in [2.05, 4.69) is 24.0 Å². The Morgan fingerprint density at radius 1 is 1.33 bits per heavy atom. The second-order valence-electron chi connectivity index (χ2n) is 6.46. The van der Waals surface area contributed by atoms with Gasteiger partial charge in [0.1, 0.15) is 11.1 Å². The molecule has 2 amide bonds. The molecule has 0 saturated heterocycles. The molecule has 0 spiro atoms. The van der Waals surface area contributed by atoms with Gasteiger partial charge in [0.25, 0.3) is 0 Å². The van der Waals surface area contributed by atoms with Crippen molar-refractivity contribution in [2.75, 3.05) is 18.5 Å². The lowest BCUT2D eigenvalue weighted by Crippen LogP contribution is -2.35. The van der Waals surface area contributed by atoms with Crippen LogP contribution in [-0.2, 0) is 22.5 Å². The molecule has 154 valence electrons. The topological polar surface area (TPSA) is 82.4 Å². The molecular weight excluding hydrogens is 418 g/mol. The number of nitrogens with one attached hydrogen (secondary N) is 1. The average molecular weight is 440 g/mol. The first-order valence-corrected chi connectivity index (χ1v) is 10.8. The summed E-state index contributed by atoms with van der Waals surface area (Å²) >= 11 is 5.54. The SMILES string of the molecule is CCOC(=O)N1CCc2c(sc(NC(=O)/C=C/C(=C\S)c3ccccc3)c2C#N)C1. The van der Waals surface area contributed by atoms with Crippen LogP contribution in [0.4, 0.5) is 9.80 Å². The van der Waals surface area contributed by atoms with Gasteiger partial charge in [0.15, 0.2) is 0 Å². The van der Waals surface area contributed by atoms with Gasteiger partial charge in [-0.2, -0.15) is 17.9 Å². The van der Waals surface area contributed by atoms with Crippen molar-refractivity contribution in [3.63, 3.8) is 0 Å². The van der Waals surface area contributed by atoms with Crippen LogP contribution in [0.5, 0.6) is 0 Å². The molecule has 2 heterocycles. The number of hydrogen-bond acceptors (Lipinski definition) is 6. The monoisotopic (exact) mass is 439 g/mol. The molecule has 0 atom stereocenters. The lowest BCUT2D eigenvalue weighted by Gasteiger charge is -2.25. The van der Waals surface area contributed by atoms with Gasteiger partial charge < -0.3 is 15.0 Å². The number of ether oxygens (including phenoxy) is 1. The number of thiophene rings is 1. The zero-order valence-corrected chi connectivity index (χ0v) is 18.1. The van der Waals surface area contributed by atoms with Crippen LogP contribution in [0.15, 0.2) is 47.9 Å². The van der Waals surface area contributed by atoms with Crippen molar-refractivity contribution in [2.45, 2.75) is 19.9 Å². The summed E-state index contributed by atoms with van der Waals surface area (Å²) in [5.74, 6) is -0.337. The van der Waals surface area contributed by atoms with Gasteiger partial charge in [0.05, 0.1) is 18.7 Å². The zero-order chi connectivity index (χ0) is 21.5. The number of amides is 2. The third-order valence-corrected chi connectivity index (χ3v) is 6.00. The highest BCUT2D eigenvalue weighted by Gasteiger charge is 2.27. The van der Waals surface area contributed by atoms with E-state index in [4.69, 9.17) is 4.74 Å². The van der Waals surface area contributed by atoms with E-state index in [1.165, 1.54) is 17.4 Å². The molecular formula is C22H21N3O3S2. The van der Waals surface area contributed by atoms with E-state index in [-0.39, 0.29) is 12.0 Å². The fourth-order valence-electron chi connectivity index (χ4n) is 3.14. The summed E-state index contributed by atoms with van der Waals surface area (Å²) < 4.78 is 5.06. The Morgan fingerprint density at radius 3 is 2.77 bits per heavy atom. The second kappa shape index (κ2) is 10.1. The highest BCUT2D eigenvalue weighted by Crippen LogP contribution is 2.36. The third kappa shape index (κ3) is 4.93. The van der Waals surface area contributed by atoms with E-state index in [0.717, 1.165) is 21.6 Å². The fraction of sp³-hybridized carbons (Fsp3) is 0.227. The van der Waals surface area contributed by atoms with Crippen molar-refractivity contribution in [3.05, 3.63) is 69.5 Å². The predicted molar refractivity (Wildman–Crippen MR) is 121 cm³/mol. The number of nitrogens with zero attached hydrogens (tertiary/aromatic N) is 2. The largest absolute Gasteiger partial charge is 0.450 e.